The molecule has 0 aromatic heterocycles. The molecule has 0 radical (unpaired) electrons. The van der Waals surface area contributed by atoms with Crippen molar-refractivity contribution >= 4 is 5.97 Å². The summed E-state index contributed by atoms with van der Waals surface area (Å²) in [4.78, 5) is 10.7. The number of carbonyl (C=O) groups is 1. The molecule has 2 aliphatic rings. The maximum absolute atomic E-state index is 10.7. The molecule has 0 aliphatic heterocycles. The van der Waals surface area contributed by atoms with E-state index < -0.39 is 0 Å². The molecule has 0 aromatic carbocycles. The average Bonchev–Trinajstić information content (AvgIpc) is 2.45. The van der Waals surface area contributed by atoms with Crippen molar-refractivity contribution in [3.8, 4) is 0 Å². The Hall–Kier alpha value is -0.530. The number of carbonyl (C=O) groups excluding carboxylic acids is 1. The monoisotopic (exact) mass is 154 g/mol. The van der Waals surface area contributed by atoms with Crippen LogP contribution in [0.2, 0.25) is 0 Å². The number of rotatable bonds is 1. The van der Waals surface area contributed by atoms with Crippen molar-refractivity contribution < 1.29 is 9.53 Å². The Morgan fingerprint density at radius 3 is 2.64 bits per heavy atom. The fourth-order valence-electron chi connectivity index (χ4n) is 2.54. The van der Waals surface area contributed by atoms with Crippen molar-refractivity contribution in [2.24, 2.45) is 11.8 Å². The first-order chi connectivity index (χ1) is 5.25. The summed E-state index contributed by atoms with van der Waals surface area (Å²) >= 11 is 0. The van der Waals surface area contributed by atoms with Gasteiger partial charge in [-0.25, -0.2) is 0 Å². The SMILES string of the molecule is CC(=O)O[C@@H]1C[C@@H]2CC[C@H]1C2. The Morgan fingerprint density at radius 2 is 2.18 bits per heavy atom. The van der Waals surface area contributed by atoms with Gasteiger partial charge in [-0.15, -0.1) is 0 Å². The van der Waals surface area contributed by atoms with E-state index in [4.69, 9.17) is 4.74 Å². The minimum absolute atomic E-state index is 0.109. The topological polar surface area (TPSA) is 26.3 Å². The summed E-state index contributed by atoms with van der Waals surface area (Å²) in [7, 11) is 0. The molecule has 0 amide bonds. The summed E-state index contributed by atoms with van der Waals surface area (Å²) < 4.78 is 5.21. The van der Waals surface area contributed by atoms with E-state index in [1.165, 1.54) is 26.2 Å². The van der Waals surface area contributed by atoms with E-state index >= 15 is 0 Å². The van der Waals surface area contributed by atoms with Crippen LogP contribution in [0.15, 0.2) is 0 Å². The second-order valence-electron chi connectivity index (χ2n) is 3.82. The molecule has 2 bridgehead atoms. The minimum Gasteiger partial charge on any atom is -0.462 e. The average molecular weight is 154 g/mol. The van der Waals surface area contributed by atoms with Gasteiger partial charge in [-0.2, -0.15) is 0 Å². The van der Waals surface area contributed by atoms with Gasteiger partial charge in [0.25, 0.3) is 0 Å². The first-order valence-electron chi connectivity index (χ1n) is 4.43. The van der Waals surface area contributed by atoms with Crippen LogP contribution >= 0.6 is 0 Å². The van der Waals surface area contributed by atoms with Crippen LogP contribution in [0.25, 0.3) is 0 Å². The van der Waals surface area contributed by atoms with Crippen LogP contribution < -0.4 is 0 Å². The van der Waals surface area contributed by atoms with Gasteiger partial charge >= 0.3 is 5.97 Å². The zero-order chi connectivity index (χ0) is 7.84. The van der Waals surface area contributed by atoms with E-state index in [9.17, 15) is 4.79 Å². The number of fused-ring (bicyclic) bond motifs is 2. The van der Waals surface area contributed by atoms with Crippen LogP contribution in [-0.4, -0.2) is 12.1 Å². The summed E-state index contributed by atoms with van der Waals surface area (Å²) in [6.45, 7) is 1.51. The van der Waals surface area contributed by atoms with Crippen molar-refractivity contribution in [2.45, 2.75) is 38.7 Å². The third-order valence-corrected chi connectivity index (χ3v) is 2.99. The van der Waals surface area contributed by atoms with Crippen molar-refractivity contribution in [1.29, 1.82) is 0 Å². The van der Waals surface area contributed by atoms with Gasteiger partial charge in [-0.1, -0.05) is 0 Å². The third kappa shape index (κ3) is 1.26. The van der Waals surface area contributed by atoms with E-state index in [1.54, 1.807) is 0 Å². The van der Waals surface area contributed by atoms with E-state index in [-0.39, 0.29) is 12.1 Å². The Morgan fingerprint density at radius 1 is 1.36 bits per heavy atom. The molecule has 0 heterocycles. The molecule has 0 aromatic rings. The molecule has 2 aliphatic carbocycles. The Kier molecular flexibility index (Phi) is 1.63. The van der Waals surface area contributed by atoms with Gasteiger partial charge < -0.3 is 4.74 Å². The fraction of sp³-hybridized carbons (Fsp3) is 0.889. The third-order valence-electron chi connectivity index (χ3n) is 2.99. The molecule has 0 saturated heterocycles. The van der Waals surface area contributed by atoms with Gasteiger partial charge in [-0.3, -0.25) is 4.79 Å². The highest BCUT2D eigenvalue weighted by Crippen LogP contribution is 2.45. The van der Waals surface area contributed by atoms with Gasteiger partial charge in [0, 0.05) is 6.92 Å². The highest BCUT2D eigenvalue weighted by molar-refractivity contribution is 5.66. The molecule has 62 valence electrons. The second-order valence-corrected chi connectivity index (χ2v) is 3.82. The summed E-state index contributed by atoms with van der Waals surface area (Å²) in [5, 5.41) is 0. The molecule has 2 nitrogen and oxygen atoms in total. The Bertz CT molecular complexity index is 176. The maximum atomic E-state index is 10.7. The lowest BCUT2D eigenvalue weighted by Gasteiger charge is -2.20. The van der Waals surface area contributed by atoms with E-state index in [0.717, 1.165) is 12.3 Å². The van der Waals surface area contributed by atoms with Gasteiger partial charge in [-0.05, 0) is 37.5 Å². The molecule has 2 saturated carbocycles. The van der Waals surface area contributed by atoms with Crippen molar-refractivity contribution in [2.75, 3.05) is 0 Å². The quantitative estimate of drug-likeness (QED) is 0.538. The van der Waals surface area contributed by atoms with Gasteiger partial charge in [0.2, 0.25) is 0 Å². The van der Waals surface area contributed by atoms with E-state index in [1.807, 2.05) is 0 Å². The molecule has 0 unspecified atom stereocenters. The van der Waals surface area contributed by atoms with Crippen LogP contribution in [0, 0.1) is 11.8 Å². The smallest absolute Gasteiger partial charge is 0.302 e. The maximum Gasteiger partial charge on any atom is 0.302 e. The lowest BCUT2D eigenvalue weighted by Crippen LogP contribution is -2.22. The van der Waals surface area contributed by atoms with Crippen LogP contribution in [0.4, 0.5) is 0 Å². The van der Waals surface area contributed by atoms with Gasteiger partial charge in [0.05, 0.1) is 0 Å². The van der Waals surface area contributed by atoms with Crippen LogP contribution in [0.3, 0.4) is 0 Å². The highest BCUT2D eigenvalue weighted by Gasteiger charge is 2.41. The summed E-state index contributed by atoms with van der Waals surface area (Å²) in [6, 6.07) is 0. The molecule has 2 fully saturated rings. The molecular weight excluding hydrogens is 140 g/mol. The lowest BCUT2D eigenvalue weighted by atomic mass is 9.98. The molecule has 2 rings (SSSR count). The van der Waals surface area contributed by atoms with Crippen LogP contribution in [-0.2, 0) is 9.53 Å². The van der Waals surface area contributed by atoms with Crippen molar-refractivity contribution in [1.82, 2.24) is 0 Å². The van der Waals surface area contributed by atoms with Gasteiger partial charge in [0.1, 0.15) is 6.10 Å². The van der Waals surface area contributed by atoms with E-state index in [2.05, 4.69) is 0 Å². The van der Waals surface area contributed by atoms with Gasteiger partial charge in [0.15, 0.2) is 0 Å². The predicted octanol–water partition coefficient (Wildman–Crippen LogP) is 1.74. The summed E-state index contributed by atoms with van der Waals surface area (Å²) in [5.41, 5.74) is 0. The molecule has 2 heteroatoms. The Labute approximate surface area is 66.9 Å². The summed E-state index contributed by atoms with van der Waals surface area (Å²) in [5.74, 6) is 1.45. The summed E-state index contributed by atoms with van der Waals surface area (Å²) in [6.07, 6.45) is 5.35. The molecule has 0 spiro atoms. The molecule has 0 N–H and O–H groups in total. The predicted molar refractivity (Wildman–Crippen MR) is 41.0 cm³/mol. The second kappa shape index (κ2) is 2.50. The normalized spacial score (nSPS) is 41.0. The number of ether oxygens (including phenoxy) is 1. The van der Waals surface area contributed by atoms with Crippen LogP contribution in [0.1, 0.15) is 32.6 Å². The number of hydrogen-bond donors (Lipinski definition) is 0. The highest BCUT2D eigenvalue weighted by atomic mass is 16.5. The number of esters is 1. The van der Waals surface area contributed by atoms with Crippen molar-refractivity contribution in [3.05, 3.63) is 0 Å². The molecular formula is C9H14O2. The Balaban J connectivity index is 1.92. The standard InChI is InChI=1S/C9H14O2/c1-6(10)11-9-5-7-2-3-8(9)4-7/h7-9H,2-5H2,1H3/t7-,8+,9-/m1/s1. The first-order valence-corrected chi connectivity index (χ1v) is 4.43. The molecule has 3 atom stereocenters. The first kappa shape index (κ1) is 7.14. The van der Waals surface area contributed by atoms with E-state index in [0.29, 0.717) is 5.92 Å². The van der Waals surface area contributed by atoms with Crippen molar-refractivity contribution in [3.63, 3.8) is 0 Å². The zero-order valence-electron chi connectivity index (χ0n) is 6.88. The molecule has 11 heavy (non-hydrogen) atoms. The zero-order valence-corrected chi connectivity index (χ0v) is 6.88. The largest absolute Gasteiger partial charge is 0.462 e. The van der Waals surface area contributed by atoms with Crippen LogP contribution in [0.5, 0.6) is 0 Å². The minimum atomic E-state index is -0.109. The fourth-order valence-corrected chi connectivity index (χ4v) is 2.54. The lowest BCUT2D eigenvalue weighted by molar-refractivity contribution is -0.148. The number of hydrogen-bond acceptors (Lipinski definition) is 2.